The van der Waals surface area contributed by atoms with Crippen LogP contribution in [0, 0.1) is 11.3 Å². The number of anilines is 1. The van der Waals surface area contributed by atoms with E-state index >= 15 is 0 Å². The summed E-state index contributed by atoms with van der Waals surface area (Å²) < 4.78 is 30.8. The Bertz CT molecular complexity index is 731. The average Bonchev–Trinajstić information content (AvgIpc) is 2.54. The third-order valence-corrected chi connectivity index (χ3v) is 4.02. The molecule has 0 saturated heterocycles. The number of benzene rings is 1. The lowest BCUT2D eigenvalue weighted by atomic mass is 10.3. The largest absolute Gasteiger partial charge is 0.462 e. The summed E-state index contributed by atoms with van der Waals surface area (Å²) in [7, 11) is -3.59. The van der Waals surface area contributed by atoms with Crippen LogP contribution in [0.15, 0.2) is 53.6 Å². The number of nitriles is 1. The standard InChI is InChI=1S/C15H17N3O4S/c1-3-9-18-23(20,21)14-7-5-13(6-8-14)17-11-12(10-16)15(19)22-4-2/h3,5-8,11,17-18H,1,4,9H2,2H3/b12-11+. The number of carbonyl (C=O) groups excluding carboxylic acids is 1. The highest BCUT2D eigenvalue weighted by atomic mass is 32.2. The zero-order chi connectivity index (χ0) is 17.3. The fraction of sp³-hybridized carbons (Fsp3) is 0.200. The number of hydrogen-bond acceptors (Lipinski definition) is 6. The van der Waals surface area contributed by atoms with Crippen LogP contribution >= 0.6 is 0 Å². The quantitative estimate of drug-likeness (QED) is 0.323. The van der Waals surface area contributed by atoms with E-state index < -0.39 is 16.0 Å². The van der Waals surface area contributed by atoms with Gasteiger partial charge in [-0.15, -0.1) is 6.58 Å². The van der Waals surface area contributed by atoms with Crippen molar-refractivity contribution in [1.82, 2.24) is 4.72 Å². The molecule has 0 atom stereocenters. The fourth-order valence-electron chi connectivity index (χ4n) is 1.48. The van der Waals surface area contributed by atoms with E-state index in [1.807, 2.05) is 0 Å². The summed E-state index contributed by atoms with van der Waals surface area (Å²) in [4.78, 5) is 11.5. The molecule has 1 rings (SSSR count). The minimum Gasteiger partial charge on any atom is -0.462 e. The fourth-order valence-corrected chi connectivity index (χ4v) is 2.48. The summed E-state index contributed by atoms with van der Waals surface area (Å²) in [6.45, 7) is 5.38. The number of carbonyl (C=O) groups is 1. The first-order valence-corrected chi connectivity index (χ1v) is 8.17. The van der Waals surface area contributed by atoms with Crippen LogP contribution in [0.4, 0.5) is 5.69 Å². The lowest BCUT2D eigenvalue weighted by Crippen LogP contribution is -2.23. The third-order valence-electron chi connectivity index (χ3n) is 2.58. The second kappa shape index (κ2) is 8.73. The summed E-state index contributed by atoms with van der Waals surface area (Å²) in [5.74, 6) is -0.727. The van der Waals surface area contributed by atoms with Gasteiger partial charge in [0.15, 0.2) is 5.57 Å². The number of esters is 1. The van der Waals surface area contributed by atoms with Crippen molar-refractivity contribution in [3.8, 4) is 6.07 Å². The zero-order valence-electron chi connectivity index (χ0n) is 12.6. The molecular formula is C15H17N3O4S. The van der Waals surface area contributed by atoms with E-state index in [-0.39, 0.29) is 23.6 Å². The molecule has 0 fully saturated rings. The van der Waals surface area contributed by atoms with Gasteiger partial charge >= 0.3 is 5.97 Å². The molecule has 0 aliphatic heterocycles. The van der Waals surface area contributed by atoms with Crippen molar-refractivity contribution in [3.05, 3.63) is 48.7 Å². The van der Waals surface area contributed by atoms with Crippen LogP contribution in [0.2, 0.25) is 0 Å². The molecule has 2 N–H and O–H groups in total. The Balaban J connectivity index is 2.83. The molecule has 0 bridgehead atoms. The number of nitrogens with zero attached hydrogens (tertiary/aromatic N) is 1. The van der Waals surface area contributed by atoms with E-state index in [9.17, 15) is 13.2 Å². The minimum absolute atomic E-state index is 0.0970. The molecule has 0 radical (unpaired) electrons. The molecule has 122 valence electrons. The van der Waals surface area contributed by atoms with Crippen molar-refractivity contribution in [2.45, 2.75) is 11.8 Å². The second-order valence-corrected chi connectivity index (χ2v) is 5.97. The van der Waals surface area contributed by atoms with Gasteiger partial charge in [-0.3, -0.25) is 0 Å². The molecule has 0 aliphatic carbocycles. The van der Waals surface area contributed by atoms with Crippen molar-refractivity contribution in [3.63, 3.8) is 0 Å². The molecule has 0 aromatic heterocycles. The van der Waals surface area contributed by atoms with Crippen LogP contribution in [0.3, 0.4) is 0 Å². The van der Waals surface area contributed by atoms with Gasteiger partial charge in [0.25, 0.3) is 0 Å². The third kappa shape index (κ3) is 5.58. The van der Waals surface area contributed by atoms with Crippen molar-refractivity contribution in [2.75, 3.05) is 18.5 Å². The van der Waals surface area contributed by atoms with Gasteiger partial charge in [0.2, 0.25) is 10.0 Å². The zero-order valence-corrected chi connectivity index (χ0v) is 13.4. The van der Waals surface area contributed by atoms with Gasteiger partial charge in [0.05, 0.1) is 11.5 Å². The van der Waals surface area contributed by atoms with Gasteiger partial charge in [0.1, 0.15) is 6.07 Å². The van der Waals surface area contributed by atoms with Crippen molar-refractivity contribution in [2.24, 2.45) is 0 Å². The van der Waals surface area contributed by atoms with Crippen LogP contribution in [-0.2, 0) is 19.6 Å². The molecule has 0 saturated carbocycles. The van der Waals surface area contributed by atoms with E-state index in [1.165, 1.54) is 36.5 Å². The summed E-state index contributed by atoms with van der Waals surface area (Å²) in [5.41, 5.74) is 0.334. The molecule has 1 aromatic rings. The van der Waals surface area contributed by atoms with Crippen molar-refractivity contribution < 1.29 is 17.9 Å². The van der Waals surface area contributed by atoms with Crippen LogP contribution in [0.5, 0.6) is 0 Å². The van der Waals surface area contributed by atoms with Crippen LogP contribution in [-0.4, -0.2) is 27.5 Å². The summed E-state index contributed by atoms with van der Waals surface area (Å²) >= 11 is 0. The maximum Gasteiger partial charge on any atom is 0.350 e. The molecule has 0 heterocycles. The highest BCUT2D eigenvalue weighted by molar-refractivity contribution is 7.89. The molecule has 0 amide bonds. The first kappa shape index (κ1) is 18.4. The predicted molar refractivity (Wildman–Crippen MR) is 85.8 cm³/mol. The maximum atomic E-state index is 11.9. The van der Waals surface area contributed by atoms with Gasteiger partial charge in [-0.25, -0.2) is 17.9 Å². The lowest BCUT2D eigenvalue weighted by molar-refractivity contribution is -0.138. The van der Waals surface area contributed by atoms with Crippen molar-refractivity contribution >= 4 is 21.7 Å². The number of ether oxygens (including phenoxy) is 1. The molecule has 0 spiro atoms. The Hall–Kier alpha value is -2.63. The number of hydrogen-bond donors (Lipinski definition) is 2. The van der Waals surface area contributed by atoms with Crippen LogP contribution in [0.25, 0.3) is 0 Å². The monoisotopic (exact) mass is 335 g/mol. The van der Waals surface area contributed by atoms with Gasteiger partial charge in [-0.05, 0) is 31.2 Å². The molecule has 0 unspecified atom stereocenters. The summed E-state index contributed by atoms with van der Waals surface area (Å²) in [6.07, 6.45) is 2.65. The van der Waals surface area contributed by atoms with Crippen molar-refractivity contribution in [1.29, 1.82) is 5.26 Å². The van der Waals surface area contributed by atoms with E-state index in [0.717, 1.165) is 0 Å². The Morgan fingerprint density at radius 3 is 2.57 bits per heavy atom. The molecule has 0 aliphatic rings. The van der Waals surface area contributed by atoms with Crippen LogP contribution < -0.4 is 10.0 Å². The molecule has 7 nitrogen and oxygen atoms in total. The van der Waals surface area contributed by atoms with E-state index in [4.69, 9.17) is 10.00 Å². The molecule has 1 aromatic carbocycles. The molecule has 23 heavy (non-hydrogen) atoms. The number of nitrogens with one attached hydrogen (secondary N) is 2. The van der Waals surface area contributed by atoms with Crippen LogP contribution in [0.1, 0.15) is 6.92 Å². The maximum absolute atomic E-state index is 11.9. The molecular weight excluding hydrogens is 318 g/mol. The highest BCUT2D eigenvalue weighted by Gasteiger charge is 2.12. The van der Waals surface area contributed by atoms with Gasteiger partial charge < -0.3 is 10.1 Å². The van der Waals surface area contributed by atoms with E-state index in [1.54, 1.807) is 13.0 Å². The summed E-state index contributed by atoms with van der Waals surface area (Å²) in [6, 6.07) is 7.55. The first-order chi connectivity index (χ1) is 10.9. The topological polar surface area (TPSA) is 108 Å². The summed E-state index contributed by atoms with van der Waals surface area (Å²) in [5, 5.41) is 11.6. The average molecular weight is 335 g/mol. The Labute approximate surface area is 135 Å². The van der Waals surface area contributed by atoms with Gasteiger partial charge in [-0.2, -0.15) is 5.26 Å². The number of sulfonamides is 1. The highest BCUT2D eigenvalue weighted by Crippen LogP contribution is 2.14. The normalized spacial score (nSPS) is 11.4. The SMILES string of the molecule is C=CCNS(=O)(=O)c1ccc(N/C=C(\C#N)C(=O)OCC)cc1. The Morgan fingerprint density at radius 1 is 1.39 bits per heavy atom. The molecule has 8 heteroatoms. The Morgan fingerprint density at radius 2 is 2.04 bits per heavy atom. The van der Waals surface area contributed by atoms with Gasteiger partial charge in [0, 0.05) is 18.4 Å². The Kier molecular flexibility index (Phi) is 6.99. The smallest absolute Gasteiger partial charge is 0.350 e. The van der Waals surface area contributed by atoms with E-state index in [0.29, 0.717) is 5.69 Å². The second-order valence-electron chi connectivity index (χ2n) is 4.20. The lowest BCUT2D eigenvalue weighted by Gasteiger charge is -2.06. The predicted octanol–water partition coefficient (Wildman–Crippen LogP) is 1.53. The first-order valence-electron chi connectivity index (χ1n) is 6.69. The number of rotatable bonds is 8. The van der Waals surface area contributed by atoms with Gasteiger partial charge in [-0.1, -0.05) is 6.08 Å². The minimum atomic E-state index is -3.59. The van der Waals surface area contributed by atoms with E-state index in [2.05, 4.69) is 16.6 Å².